The van der Waals surface area contributed by atoms with Crippen molar-refractivity contribution in [1.82, 2.24) is 0 Å². The Balaban J connectivity index is 1.29. The molecular weight excluding hydrogens is 338 g/mol. The lowest BCUT2D eigenvalue weighted by Gasteiger charge is -2.38. The lowest BCUT2D eigenvalue weighted by Crippen LogP contribution is -2.25. The van der Waals surface area contributed by atoms with Crippen LogP contribution >= 0.6 is 0 Å². The molecule has 0 spiro atoms. The number of halogens is 2. The number of aryl methyl sites for hydroxylation is 1. The average Bonchev–Trinajstić information content (AvgIpc) is 2.66. The third kappa shape index (κ3) is 6.57. The first-order valence-electron chi connectivity index (χ1n) is 11.6. The van der Waals surface area contributed by atoms with Gasteiger partial charge >= 0.3 is 0 Å². The van der Waals surface area contributed by atoms with Gasteiger partial charge in [-0.15, -0.1) is 0 Å². The van der Waals surface area contributed by atoms with Crippen molar-refractivity contribution < 1.29 is 8.78 Å². The fourth-order valence-electron chi connectivity index (χ4n) is 5.82. The fraction of sp³-hybridized carbons (Fsp3) is 0.760. The molecule has 27 heavy (non-hydrogen) atoms. The summed E-state index contributed by atoms with van der Waals surface area (Å²) in [6.45, 7) is 2.32. The smallest absolute Gasteiger partial charge is 0.126 e. The summed E-state index contributed by atoms with van der Waals surface area (Å²) in [6.07, 6.45) is 18.8. The van der Waals surface area contributed by atoms with Gasteiger partial charge in [-0.1, -0.05) is 58.3 Å². The maximum atomic E-state index is 13.2. The molecule has 0 aliphatic heterocycles. The molecule has 0 radical (unpaired) electrons. The van der Waals surface area contributed by atoms with E-state index in [1.807, 2.05) is 0 Å². The van der Waals surface area contributed by atoms with Gasteiger partial charge < -0.3 is 0 Å². The van der Waals surface area contributed by atoms with Crippen molar-refractivity contribution in [3.63, 3.8) is 0 Å². The Kier molecular flexibility index (Phi) is 8.15. The summed E-state index contributed by atoms with van der Waals surface area (Å²) in [5, 5.41) is 0. The molecule has 0 heterocycles. The topological polar surface area (TPSA) is 0 Å². The van der Waals surface area contributed by atoms with E-state index in [0.717, 1.165) is 48.1 Å². The Morgan fingerprint density at radius 3 is 1.74 bits per heavy atom. The summed E-state index contributed by atoms with van der Waals surface area (Å²) in [6, 6.07) is 3.91. The van der Waals surface area contributed by atoms with Crippen LogP contribution in [0.5, 0.6) is 0 Å². The second-order valence-corrected chi connectivity index (χ2v) is 9.37. The molecular formula is C25H38F2. The maximum Gasteiger partial charge on any atom is 0.126 e. The Morgan fingerprint density at radius 2 is 1.22 bits per heavy atom. The Hall–Kier alpha value is -0.920. The first-order valence-corrected chi connectivity index (χ1v) is 11.6. The highest BCUT2D eigenvalue weighted by atomic mass is 19.1. The molecule has 2 heteroatoms. The number of hydrogen-bond donors (Lipinski definition) is 0. The quantitative estimate of drug-likeness (QED) is 0.402. The van der Waals surface area contributed by atoms with E-state index in [2.05, 4.69) is 6.92 Å². The minimum absolute atomic E-state index is 0.452. The van der Waals surface area contributed by atoms with Crippen LogP contribution in [-0.4, -0.2) is 0 Å². The molecule has 1 aromatic carbocycles. The highest BCUT2D eigenvalue weighted by Gasteiger charge is 2.30. The van der Waals surface area contributed by atoms with E-state index in [1.54, 1.807) is 0 Å². The Morgan fingerprint density at radius 1 is 0.704 bits per heavy atom. The van der Waals surface area contributed by atoms with Gasteiger partial charge in [0.15, 0.2) is 0 Å². The van der Waals surface area contributed by atoms with Gasteiger partial charge in [-0.3, -0.25) is 0 Å². The highest BCUT2D eigenvalue weighted by Crippen LogP contribution is 2.43. The number of unbranched alkanes of at least 4 members (excludes halogenated alkanes) is 1. The van der Waals surface area contributed by atoms with Crippen molar-refractivity contribution in [2.24, 2.45) is 23.7 Å². The van der Waals surface area contributed by atoms with Gasteiger partial charge in [0.2, 0.25) is 0 Å². The number of benzene rings is 1. The second-order valence-electron chi connectivity index (χ2n) is 9.37. The molecule has 0 saturated heterocycles. The van der Waals surface area contributed by atoms with Gasteiger partial charge in [-0.2, -0.15) is 0 Å². The Bertz CT molecular complexity index is 531. The standard InChI is InChI=1S/C25H38F2/c1-2-5-19-8-12-22(13-9-19)23-14-10-20(11-15-23)6-3-4-7-21-16-24(26)18-25(27)17-21/h16-20,22-23H,2-15H2,1H3/t19-,20-,22-,23-. The normalized spacial score (nSPS) is 29.0. The van der Waals surface area contributed by atoms with Gasteiger partial charge in [0.25, 0.3) is 0 Å². The largest absolute Gasteiger partial charge is 0.207 e. The summed E-state index contributed by atoms with van der Waals surface area (Å²) < 4.78 is 26.5. The van der Waals surface area contributed by atoms with Crippen LogP contribution in [-0.2, 0) is 6.42 Å². The zero-order chi connectivity index (χ0) is 19.1. The number of rotatable bonds is 8. The molecule has 3 rings (SSSR count). The van der Waals surface area contributed by atoms with Crippen molar-refractivity contribution >= 4 is 0 Å². The first kappa shape index (κ1) is 20.8. The van der Waals surface area contributed by atoms with Crippen LogP contribution in [0.3, 0.4) is 0 Å². The molecule has 152 valence electrons. The summed E-state index contributed by atoms with van der Waals surface area (Å²) >= 11 is 0. The van der Waals surface area contributed by atoms with Gasteiger partial charge in [0, 0.05) is 6.07 Å². The molecule has 0 amide bonds. The first-order chi connectivity index (χ1) is 13.1. The van der Waals surface area contributed by atoms with E-state index in [-0.39, 0.29) is 0 Å². The van der Waals surface area contributed by atoms with E-state index in [9.17, 15) is 8.78 Å². The van der Waals surface area contributed by atoms with Crippen LogP contribution in [0.2, 0.25) is 0 Å². The molecule has 0 N–H and O–H groups in total. The molecule has 2 fully saturated rings. The van der Waals surface area contributed by atoms with Crippen molar-refractivity contribution in [1.29, 1.82) is 0 Å². The molecule has 0 bridgehead atoms. The predicted octanol–water partition coefficient (Wildman–Crippen LogP) is 8.09. The zero-order valence-corrected chi connectivity index (χ0v) is 17.2. The minimum Gasteiger partial charge on any atom is -0.207 e. The van der Waals surface area contributed by atoms with E-state index in [0.29, 0.717) is 0 Å². The van der Waals surface area contributed by atoms with Crippen LogP contribution < -0.4 is 0 Å². The van der Waals surface area contributed by atoms with E-state index in [1.165, 1.54) is 89.2 Å². The zero-order valence-electron chi connectivity index (χ0n) is 17.2. The van der Waals surface area contributed by atoms with Crippen molar-refractivity contribution in [3.8, 4) is 0 Å². The van der Waals surface area contributed by atoms with E-state index in [4.69, 9.17) is 0 Å². The van der Waals surface area contributed by atoms with Crippen LogP contribution in [0.15, 0.2) is 18.2 Å². The summed E-state index contributed by atoms with van der Waals surface area (Å²) in [5.41, 5.74) is 0.801. The molecule has 2 saturated carbocycles. The van der Waals surface area contributed by atoms with Gasteiger partial charge in [-0.05, 0) is 79.9 Å². The molecule has 0 nitrogen and oxygen atoms in total. The van der Waals surface area contributed by atoms with Crippen LogP contribution in [0.25, 0.3) is 0 Å². The molecule has 0 atom stereocenters. The van der Waals surface area contributed by atoms with Crippen molar-refractivity contribution in [2.45, 2.75) is 96.8 Å². The van der Waals surface area contributed by atoms with E-state index >= 15 is 0 Å². The SMILES string of the molecule is CCC[C@H]1CC[C@H]([C@H]2CC[C@H](CCCCc3cc(F)cc(F)c3)CC2)CC1. The maximum absolute atomic E-state index is 13.2. The van der Waals surface area contributed by atoms with Crippen LogP contribution in [0.4, 0.5) is 8.78 Å². The molecule has 0 aromatic heterocycles. The molecule has 0 unspecified atom stereocenters. The van der Waals surface area contributed by atoms with Gasteiger partial charge in [0.05, 0.1) is 0 Å². The third-order valence-corrected chi connectivity index (χ3v) is 7.40. The lowest BCUT2D eigenvalue weighted by molar-refractivity contribution is 0.140. The predicted molar refractivity (Wildman–Crippen MR) is 110 cm³/mol. The lowest BCUT2D eigenvalue weighted by atomic mass is 9.68. The van der Waals surface area contributed by atoms with E-state index < -0.39 is 11.6 Å². The van der Waals surface area contributed by atoms with Crippen LogP contribution in [0.1, 0.15) is 96.0 Å². The minimum atomic E-state index is -0.452. The Labute approximate surface area is 165 Å². The second kappa shape index (κ2) is 10.6. The summed E-state index contributed by atoms with van der Waals surface area (Å²) in [4.78, 5) is 0. The van der Waals surface area contributed by atoms with Gasteiger partial charge in [-0.25, -0.2) is 8.78 Å². The summed E-state index contributed by atoms with van der Waals surface area (Å²) in [5.74, 6) is 3.02. The molecule has 2 aliphatic carbocycles. The molecule has 1 aromatic rings. The molecule has 2 aliphatic rings. The van der Waals surface area contributed by atoms with Crippen molar-refractivity contribution in [2.75, 3.05) is 0 Å². The van der Waals surface area contributed by atoms with Crippen LogP contribution in [0, 0.1) is 35.3 Å². The average molecular weight is 377 g/mol. The monoisotopic (exact) mass is 376 g/mol. The number of hydrogen-bond acceptors (Lipinski definition) is 0. The highest BCUT2D eigenvalue weighted by molar-refractivity contribution is 5.17. The van der Waals surface area contributed by atoms with Crippen molar-refractivity contribution in [3.05, 3.63) is 35.4 Å². The fourth-order valence-corrected chi connectivity index (χ4v) is 5.82. The van der Waals surface area contributed by atoms with Gasteiger partial charge in [0.1, 0.15) is 11.6 Å². The third-order valence-electron chi connectivity index (χ3n) is 7.40. The summed E-state index contributed by atoms with van der Waals surface area (Å²) in [7, 11) is 0.